The van der Waals surface area contributed by atoms with Gasteiger partial charge in [-0.05, 0) is 43.3 Å². The van der Waals surface area contributed by atoms with Crippen LogP contribution in [-0.4, -0.2) is 37.5 Å². The summed E-state index contributed by atoms with van der Waals surface area (Å²) in [6.45, 7) is 1.32. The maximum atomic E-state index is 12.2. The first-order chi connectivity index (χ1) is 13.5. The number of benzene rings is 2. The molecule has 144 valence electrons. The molecule has 0 aliphatic heterocycles. The van der Waals surface area contributed by atoms with Crippen LogP contribution in [0.1, 0.15) is 22.8 Å². The maximum Gasteiger partial charge on any atom is 0.325 e. The third-order valence-electron chi connectivity index (χ3n) is 3.49. The van der Waals surface area contributed by atoms with Gasteiger partial charge in [0.1, 0.15) is 12.3 Å². The van der Waals surface area contributed by atoms with E-state index >= 15 is 0 Å². The lowest BCUT2D eigenvalue weighted by molar-refractivity contribution is -0.146. The van der Waals surface area contributed by atoms with Crippen molar-refractivity contribution in [1.82, 2.24) is 5.32 Å². The highest BCUT2D eigenvalue weighted by Gasteiger charge is 2.14. The largest absolute Gasteiger partial charge is 0.493 e. The van der Waals surface area contributed by atoms with E-state index in [9.17, 15) is 14.4 Å². The van der Waals surface area contributed by atoms with Gasteiger partial charge < -0.3 is 20.1 Å². The van der Waals surface area contributed by atoms with E-state index in [1.54, 1.807) is 55.5 Å². The predicted molar refractivity (Wildman–Crippen MR) is 101 cm³/mol. The highest BCUT2D eigenvalue weighted by Crippen LogP contribution is 2.17. The van der Waals surface area contributed by atoms with Gasteiger partial charge in [0, 0.05) is 5.69 Å². The van der Waals surface area contributed by atoms with E-state index < -0.39 is 24.4 Å². The summed E-state index contributed by atoms with van der Waals surface area (Å²) in [6.07, 6.45) is 0. The van der Waals surface area contributed by atoms with Crippen LogP contribution < -0.4 is 15.4 Å². The highest BCUT2D eigenvalue weighted by molar-refractivity contribution is 5.98. The second kappa shape index (κ2) is 10.3. The van der Waals surface area contributed by atoms with E-state index in [2.05, 4.69) is 10.6 Å². The molecule has 0 saturated heterocycles. The fourth-order valence-corrected chi connectivity index (χ4v) is 2.21. The second-order valence-electron chi connectivity index (χ2n) is 5.51. The molecule has 0 bridgehead atoms. The van der Waals surface area contributed by atoms with Crippen LogP contribution in [0.2, 0.25) is 0 Å². The van der Waals surface area contributed by atoms with E-state index in [4.69, 9.17) is 14.7 Å². The van der Waals surface area contributed by atoms with Crippen molar-refractivity contribution in [2.24, 2.45) is 0 Å². The number of carbonyl (C=O) groups excluding carboxylic acids is 3. The number of amides is 2. The Labute approximate surface area is 162 Å². The SMILES string of the molecule is CCOc1ccccc1C(=O)NCC(=O)OCC(=O)Nc1ccc(C#N)cc1. The van der Waals surface area contributed by atoms with Crippen LogP contribution in [0.4, 0.5) is 5.69 Å². The Morgan fingerprint density at radius 2 is 1.79 bits per heavy atom. The molecule has 0 fully saturated rings. The molecule has 0 aromatic heterocycles. The number of carbonyl (C=O) groups is 3. The molecule has 0 aliphatic rings. The van der Waals surface area contributed by atoms with Crippen LogP contribution in [0.3, 0.4) is 0 Å². The molecule has 2 aromatic carbocycles. The Balaban J connectivity index is 1.77. The minimum atomic E-state index is -0.753. The summed E-state index contributed by atoms with van der Waals surface area (Å²) in [6, 6.07) is 14.9. The number of ether oxygens (including phenoxy) is 2. The number of nitrogens with one attached hydrogen (secondary N) is 2. The first-order valence-electron chi connectivity index (χ1n) is 8.49. The first kappa shape index (κ1) is 20.5. The average Bonchev–Trinajstić information content (AvgIpc) is 2.71. The molecule has 2 rings (SSSR count). The van der Waals surface area contributed by atoms with Crippen molar-refractivity contribution in [3.8, 4) is 11.8 Å². The van der Waals surface area contributed by atoms with Gasteiger partial charge in [0.25, 0.3) is 11.8 Å². The molecule has 8 nitrogen and oxygen atoms in total. The Morgan fingerprint density at radius 1 is 1.07 bits per heavy atom. The Morgan fingerprint density at radius 3 is 2.46 bits per heavy atom. The van der Waals surface area contributed by atoms with Gasteiger partial charge >= 0.3 is 5.97 Å². The standard InChI is InChI=1S/C20H19N3O5/c1-2-27-17-6-4-3-5-16(17)20(26)22-12-19(25)28-13-18(24)23-15-9-7-14(11-21)8-10-15/h3-10H,2,12-13H2,1H3,(H,22,26)(H,23,24). The summed E-state index contributed by atoms with van der Waals surface area (Å²) in [4.78, 5) is 35.7. The van der Waals surface area contributed by atoms with Gasteiger partial charge in [-0.3, -0.25) is 14.4 Å². The van der Waals surface area contributed by atoms with Crippen LogP contribution in [0.5, 0.6) is 5.75 Å². The van der Waals surface area contributed by atoms with Crippen molar-refractivity contribution >= 4 is 23.5 Å². The molecule has 0 atom stereocenters. The summed E-state index contributed by atoms with van der Waals surface area (Å²) in [5.41, 5.74) is 1.24. The monoisotopic (exact) mass is 381 g/mol. The molecule has 0 radical (unpaired) electrons. The van der Waals surface area contributed by atoms with Crippen LogP contribution in [-0.2, 0) is 14.3 Å². The van der Waals surface area contributed by atoms with Crippen molar-refractivity contribution < 1.29 is 23.9 Å². The summed E-state index contributed by atoms with van der Waals surface area (Å²) in [7, 11) is 0. The third kappa shape index (κ3) is 6.14. The quantitative estimate of drug-likeness (QED) is 0.674. The molecule has 2 N–H and O–H groups in total. The van der Waals surface area contributed by atoms with E-state index in [1.165, 1.54) is 0 Å². The molecule has 2 aromatic rings. The summed E-state index contributed by atoms with van der Waals surface area (Å²) >= 11 is 0. The zero-order valence-corrected chi connectivity index (χ0v) is 15.2. The fourth-order valence-electron chi connectivity index (χ4n) is 2.21. The minimum Gasteiger partial charge on any atom is -0.493 e. The summed E-state index contributed by atoms with van der Waals surface area (Å²) in [5, 5.41) is 13.7. The smallest absolute Gasteiger partial charge is 0.325 e. The van der Waals surface area contributed by atoms with E-state index in [0.29, 0.717) is 29.2 Å². The Kier molecular flexibility index (Phi) is 7.54. The Bertz CT molecular complexity index is 887. The van der Waals surface area contributed by atoms with Gasteiger partial charge in [-0.2, -0.15) is 5.26 Å². The molecule has 8 heteroatoms. The zero-order chi connectivity index (χ0) is 20.4. The number of esters is 1. The third-order valence-corrected chi connectivity index (χ3v) is 3.49. The normalized spacial score (nSPS) is 9.71. The number of anilines is 1. The zero-order valence-electron chi connectivity index (χ0n) is 15.2. The lowest BCUT2D eigenvalue weighted by atomic mass is 10.2. The number of nitriles is 1. The van der Waals surface area contributed by atoms with Crippen LogP contribution >= 0.6 is 0 Å². The van der Waals surface area contributed by atoms with Gasteiger partial charge in [0.15, 0.2) is 6.61 Å². The second-order valence-corrected chi connectivity index (χ2v) is 5.51. The van der Waals surface area contributed by atoms with Crippen LogP contribution in [0.25, 0.3) is 0 Å². The van der Waals surface area contributed by atoms with Crippen LogP contribution in [0.15, 0.2) is 48.5 Å². The average molecular weight is 381 g/mol. The molecule has 0 heterocycles. The molecular weight excluding hydrogens is 362 g/mol. The number of rotatable bonds is 8. The highest BCUT2D eigenvalue weighted by atomic mass is 16.5. The maximum absolute atomic E-state index is 12.2. The molecule has 0 aliphatic carbocycles. The summed E-state index contributed by atoms with van der Waals surface area (Å²) in [5.74, 6) is -1.36. The van der Waals surface area contributed by atoms with Crippen molar-refractivity contribution in [1.29, 1.82) is 5.26 Å². The van der Waals surface area contributed by atoms with E-state index in [1.807, 2.05) is 6.07 Å². The molecule has 28 heavy (non-hydrogen) atoms. The van der Waals surface area contributed by atoms with E-state index in [0.717, 1.165) is 0 Å². The van der Waals surface area contributed by atoms with Crippen molar-refractivity contribution in [3.63, 3.8) is 0 Å². The Hall–Kier alpha value is -3.86. The molecule has 0 spiro atoms. The van der Waals surface area contributed by atoms with Gasteiger partial charge in [-0.1, -0.05) is 12.1 Å². The number of nitrogens with zero attached hydrogens (tertiary/aromatic N) is 1. The lowest BCUT2D eigenvalue weighted by Gasteiger charge is -2.10. The van der Waals surface area contributed by atoms with Gasteiger partial charge in [0.2, 0.25) is 0 Å². The fraction of sp³-hybridized carbons (Fsp3) is 0.200. The van der Waals surface area contributed by atoms with Gasteiger partial charge in [-0.25, -0.2) is 0 Å². The van der Waals surface area contributed by atoms with E-state index in [-0.39, 0.29) is 6.54 Å². The first-order valence-corrected chi connectivity index (χ1v) is 8.49. The molecule has 0 saturated carbocycles. The number of hydrogen-bond donors (Lipinski definition) is 2. The van der Waals surface area contributed by atoms with Crippen LogP contribution in [0, 0.1) is 11.3 Å². The minimum absolute atomic E-state index is 0.302. The van der Waals surface area contributed by atoms with Crippen molar-refractivity contribution in [3.05, 3.63) is 59.7 Å². The lowest BCUT2D eigenvalue weighted by Crippen LogP contribution is -2.32. The predicted octanol–water partition coefficient (Wildman–Crippen LogP) is 1.87. The van der Waals surface area contributed by atoms with Crippen molar-refractivity contribution in [2.75, 3.05) is 25.1 Å². The van der Waals surface area contributed by atoms with Gasteiger partial charge in [-0.15, -0.1) is 0 Å². The number of hydrogen-bond acceptors (Lipinski definition) is 6. The molecule has 2 amide bonds. The summed E-state index contributed by atoms with van der Waals surface area (Å²) < 4.78 is 10.2. The molecule has 0 unspecified atom stereocenters. The van der Waals surface area contributed by atoms with Gasteiger partial charge in [0.05, 0.1) is 23.8 Å². The van der Waals surface area contributed by atoms with Crippen molar-refractivity contribution in [2.45, 2.75) is 6.92 Å². The number of para-hydroxylation sites is 1. The molecular formula is C20H19N3O5. The topological polar surface area (TPSA) is 118 Å².